The van der Waals surface area contributed by atoms with Gasteiger partial charge >= 0.3 is 0 Å². The number of hydrogen-bond donors (Lipinski definition) is 2. The van der Waals surface area contributed by atoms with Gasteiger partial charge in [-0.2, -0.15) is 4.31 Å². The largest absolute Gasteiger partial charge is 0.398 e. The normalized spacial score (nSPS) is 17.6. The number of halogens is 1. The van der Waals surface area contributed by atoms with Crippen LogP contribution in [0.1, 0.15) is 12.8 Å². The van der Waals surface area contributed by atoms with Gasteiger partial charge in [0.1, 0.15) is 0 Å². The van der Waals surface area contributed by atoms with Crippen molar-refractivity contribution in [2.24, 2.45) is 5.92 Å². The summed E-state index contributed by atoms with van der Waals surface area (Å²) in [5.41, 5.74) is 6.13. The number of nitrogen functional groups attached to an aromatic ring is 1. The maximum Gasteiger partial charge on any atom is 0.243 e. The molecule has 1 aliphatic rings. The highest BCUT2D eigenvalue weighted by Crippen LogP contribution is 2.27. The van der Waals surface area contributed by atoms with Gasteiger partial charge in [-0.1, -0.05) is 0 Å². The highest BCUT2D eigenvalue weighted by atomic mass is 79.9. The summed E-state index contributed by atoms with van der Waals surface area (Å²) in [5, 5.41) is 2.60. The number of sulfonamides is 1. The first-order valence-corrected chi connectivity index (χ1v) is 8.86. The van der Waals surface area contributed by atoms with E-state index in [-0.39, 0.29) is 16.7 Å². The van der Waals surface area contributed by atoms with Crippen LogP contribution in [0.4, 0.5) is 5.69 Å². The molecule has 0 atom stereocenters. The van der Waals surface area contributed by atoms with Crippen molar-refractivity contribution in [1.82, 2.24) is 9.62 Å². The number of benzene rings is 1. The van der Waals surface area contributed by atoms with E-state index < -0.39 is 10.0 Å². The van der Waals surface area contributed by atoms with Crippen molar-refractivity contribution in [3.8, 4) is 0 Å². The minimum atomic E-state index is -3.56. The fourth-order valence-electron chi connectivity index (χ4n) is 2.39. The Kier molecular flexibility index (Phi) is 4.90. The molecule has 0 aliphatic carbocycles. The van der Waals surface area contributed by atoms with Gasteiger partial charge in [0.05, 0.1) is 4.90 Å². The van der Waals surface area contributed by atoms with Crippen LogP contribution in [0.3, 0.4) is 0 Å². The number of anilines is 1. The number of carbonyl (C=O) groups is 1. The second-order valence-corrected chi connectivity index (χ2v) is 7.77. The van der Waals surface area contributed by atoms with Crippen molar-refractivity contribution in [3.05, 3.63) is 22.7 Å². The van der Waals surface area contributed by atoms with Gasteiger partial charge in [-0.15, -0.1) is 0 Å². The van der Waals surface area contributed by atoms with Crippen LogP contribution in [0.5, 0.6) is 0 Å². The van der Waals surface area contributed by atoms with Crippen molar-refractivity contribution in [1.29, 1.82) is 0 Å². The third kappa shape index (κ3) is 3.38. The van der Waals surface area contributed by atoms with Gasteiger partial charge in [0.25, 0.3) is 0 Å². The third-order valence-electron chi connectivity index (χ3n) is 3.68. The van der Waals surface area contributed by atoms with Crippen molar-refractivity contribution >= 4 is 37.5 Å². The summed E-state index contributed by atoms with van der Waals surface area (Å²) in [7, 11) is -1.96. The Hall–Kier alpha value is -1.12. The van der Waals surface area contributed by atoms with Crippen LogP contribution in [0.15, 0.2) is 27.6 Å². The highest BCUT2D eigenvalue weighted by Gasteiger charge is 2.31. The van der Waals surface area contributed by atoms with E-state index in [2.05, 4.69) is 21.2 Å². The highest BCUT2D eigenvalue weighted by molar-refractivity contribution is 9.10. The minimum Gasteiger partial charge on any atom is -0.398 e. The summed E-state index contributed by atoms with van der Waals surface area (Å²) in [6.45, 7) is 0.687. The first kappa shape index (κ1) is 16.3. The van der Waals surface area contributed by atoms with Crippen LogP contribution in [0.25, 0.3) is 0 Å². The van der Waals surface area contributed by atoms with Gasteiger partial charge in [-0.25, -0.2) is 8.42 Å². The molecular formula is C13H18BrN3O3S. The van der Waals surface area contributed by atoms with Crippen molar-refractivity contribution < 1.29 is 13.2 Å². The van der Waals surface area contributed by atoms with Gasteiger partial charge in [0, 0.05) is 36.2 Å². The van der Waals surface area contributed by atoms with Gasteiger partial charge in [-0.05, 0) is 47.0 Å². The second-order valence-electron chi connectivity index (χ2n) is 4.98. The second kappa shape index (κ2) is 6.33. The zero-order valence-corrected chi connectivity index (χ0v) is 14.1. The molecule has 2 rings (SSSR count). The number of nitrogens with one attached hydrogen (secondary N) is 1. The molecule has 116 valence electrons. The summed E-state index contributed by atoms with van der Waals surface area (Å²) in [6, 6.07) is 4.60. The zero-order valence-electron chi connectivity index (χ0n) is 11.7. The number of nitrogens with zero attached hydrogens (tertiary/aromatic N) is 1. The van der Waals surface area contributed by atoms with Crippen LogP contribution in [0, 0.1) is 5.92 Å². The van der Waals surface area contributed by atoms with E-state index >= 15 is 0 Å². The molecule has 1 fully saturated rings. The number of carbonyl (C=O) groups excluding carboxylic acids is 1. The summed E-state index contributed by atoms with van der Waals surface area (Å²) in [5.74, 6) is -0.142. The molecule has 1 heterocycles. The molecule has 6 nitrogen and oxygen atoms in total. The first-order chi connectivity index (χ1) is 9.86. The molecule has 0 saturated carbocycles. The molecule has 3 N–H and O–H groups in total. The van der Waals surface area contributed by atoms with E-state index in [1.807, 2.05) is 0 Å². The van der Waals surface area contributed by atoms with Crippen molar-refractivity contribution in [2.75, 3.05) is 25.9 Å². The minimum absolute atomic E-state index is 0.0278. The van der Waals surface area contributed by atoms with Crippen LogP contribution in [-0.4, -0.2) is 38.8 Å². The molecule has 1 saturated heterocycles. The molecule has 21 heavy (non-hydrogen) atoms. The Morgan fingerprint density at radius 1 is 1.38 bits per heavy atom. The smallest absolute Gasteiger partial charge is 0.243 e. The van der Waals surface area contributed by atoms with Gasteiger partial charge in [0.15, 0.2) is 0 Å². The Labute approximate surface area is 132 Å². The van der Waals surface area contributed by atoms with Crippen LogP contribution >= 0.6 is 15.9 Å². The van der Waals surface area contributed by atoms with E-state index in [9.17, 15) is 13.2 Å². The van der Waals surface area contributed by atoms with E-state index in [1.54, 1.807) is 13.1 Å². The zero-order chi connectivity index (χ0) is 15.6. The van der Waals surface area contributed by atoms with Gasteiger partial charge in [-0.3, -0.25) is 4.79 Å². The lowest BCUT2D eigenvalue weighted by molar-refractivity contribution is -0.125. The summed E-state index contributed by atoms with van der Waals surface area (Å²) in [4.78, 5) is 11.8. The Bertz CT molecular complexity index is 640. The number of hydrogen-bond acceptors (Lipinski definition) is 4. The molecule has 0 bridgehead atoms. The van der Waals surface area contributed by atoms with Crippen LogP contribution < -0.4 is 11.1 Å². The molecule has 8 heteroatoms. The number of piperidine rings is 1. The average Bonchev–Trinajstić information content (AvgIpc) is 2.49. The maximum absolute atomic E-state index is 12.6. The lowest BCUT2D eigenvalue weighted by Gasteiger charge is -2.30. The van der Waals surface area contributed by atoms with Crippen molar-refractivity contribution in [3.63, 3.8) is 0 Å². The molecule has 1 amide bonds. The number of rotatable bonds is 3. The standard InChI is InChI=1S/C13H18BrN3O3S/c1-16-13(18)9-4-6-17(7-5-9)21(19,20)10-2-3-11(14)12(15)8-10/h2-3,8-9H,4-7,15H2,1H3,(H,16,18). The SMILES string of the molecule is CNC(=O)C1CCN(S(=O)(=O)c2ccc(Br)c(N)c2)CC1. The average molecular weight is 376 g/mol. The van der Waals surface area contributed by atoms with Crippen LogP contribution in [-0.2, 0) is 14.8 Å². The Morgan fingerprint density at radius 2 is 2.00 bits per heavy atom. The first-order valence-electron chi connectivity index (χ1n) is 6.63. The molecular weight excluding hydrogens is 358 g/mol. The maximum atomic E-state index is 12.6. The van der Waals surface area contributed by atoms with E-state index in [0.717, 1.165) is 0 Å². The summed E-state index contributed by atoms with van der Waals surface area (Å²) in [6.07, 6.45) is 1.07. The third-order valence-corrected chi connectivity index (χ3v) is 6.29. The molecule has 0 radical (unpaired) electrons. The lowest BCUT2D eigenvalue weighted by Crippen LogP contribution is -2.42. The molecule has 0 unspecified atom stereocenters. The van der Waals surface area contributed by atoms with Gasteiger partial charge < -0.3 is 11.1 Å². The molecule has 1 aliphatic heterocycles. The predicted octanol–water partition coefficient (Wildman–Crippen LogP) is 1.18. The molecule has 0 spiro atoms. The molecule has 1 aromatic carbocycles. The Balaban J connectivity index is 2.14. The van der Waals surface area contributed by atoms with E-state index in [0.29, 0.717) is 36.1 Å². The predicted molar refractivity (Wildman–Crippen MR) is 84.1 cm³/mol. The number of nitrogens with two attached hydrogens (primary N) is 1. The fraction of sp³-hybridized carbons (Fsp3) is 0.462. The molecule has 0 aromatic heterocycles. The summed E-state index contributed by atoms with van der Waals surface area (Å²) >= 11 is 3.25. The van der Waals surface area contributed by atoms with Crippen LogP contribution in [0.2, 0.25) is 0 Å². The monoisotopic (exact) mass is 375 g/mol. The fourth-order valence-corrected chi connectivity index (χ4v) is 4.15. The quantitative estimate of drug-likeness (QED) is 0.775. The molecule has 1 aromatic rings. The van der Waals surface area contributed by atoms with E-state index in [4.69, 9.17) is 5.73 Å². The Morgan fingerprint density at radius 3 is 2.52 bits per heavy atom. The van der Waals surface area contributed by atoms with Gasteiger partial charge in [0.2, 0.25) is 15.9 Å². The number of amides is 1. The topological polar surface area (TPSA) is 92.5 Å². The lowest BCUT2D eigenvalue weighted by atomic mass is 9.97. The van der Waals surface area contributed by atoms with E-state index in [1.165, 1.54) is 16.4 Å². The van der Waals surface area contributed by atoms with Crippen molar-refractivity contribution in [2.45, 2.75) is 17.7 Å². The summed E-state index contributed by atoms with van der Waals surface area (Å²) < 4.78 is 27.2.